The molecular formula is C18H12Cl2O6S2. The van der Waals surface area contributed by atoms with Crippen molar-refractivity contribution in [1.82, 2.24) is 0 Å². The van der Waals surface area contributed by atoms with Crippen molar-refractivity contribution in [2.45, 2.75) is 9.79 Å². The molecule has 6 nitrogen and oxygen atoms in total. The maximum Gasteiger partial charge on any atom is 0.339 e. The lowest BCUT2D eigenvalue weighted by Crippen LogP contribution is -2.11. The lowest BCUT2D eigenvalue weighted by atomic mass is 10.3. The molecule has 0 aliphatic heterocycles. The molecule has 0 unspecified atom stereocenters. The predicted molar refractivity (Wildman–Crippen MR) is 105 cm³/mol. The van der Waals surface area contributed by atoms with Gasteiger partial charge in [-0.1, -0.05) is 29.3 Å². The molecule has 0 radical (unpaired) electrons. The highest BCUT2D eigenvalue weighted by Gasteiger charge is 2.19. The van der Waals surface area contributed by atoms with Crippen LogP contribution in [0.4, 0.5) is 0 Å². The summed E-state index contributed by atoms with van der Waals surface area (Å²) in [6, 6.07) is 16.1. The maximum atomic E-state index is 12.3. The molecule has 0 saturated heterocycles. The molecule has 0 N–H and O–H groups in total. The van der Waals surface area contributed by atoms with Gasteiger partial charge in [0.25, 0.3) is 0 Å². The molecule has 0 aromatic heterocycles. The summed E-state index contributed by atoms with van der Waals surface area (Å²) in [6.45, 7) is 0. The summed E-state index contributed by atoms with van der Waals surface area (Å²) in [7, 11) is -8.25. The number of halogens is 2. The highest BCUT2D eigenvalue weighted by Crippen LogP contribution is 2.26. The van der Waals surface area contributed by atoms with Crippen LogP contribution in [0, 0.1) is 0 Å². The van der Waals surface area contributed by atoms with Crippen molar-refractivity contribution in [1.29, 1.82) is 0 Å². The minimum Gasteiger partial charge on any atom is -0.379 e. The fourth-order valence-electron chi connectivity index (χ4n) is 2.13. The van der Waals surface area contributed by atoms with E-state index in [9.17, 15) is 16.8 Å². The standard InChI is InChI=1S/C18H12Cl2O6S2/c19-13-4-8-17(9-5-13)27(21,22)25-15-2-1-3-16(12-15)26-28(23,24)18-10-6-14(20)7-11-18/h1-12H. The van der Waals surface area contributed by atoms with E-state index in [0.29, 0.717) is 10.0 Å². The van der Waals surface area contributed by atoms with Crippen LogP contribution in [0.25, 0.3) is 0 Å². The smallest absolute Gasteiger partial charge is 0.339 e. The van der Waals surface area contributed by atoms with E-state index in [4.69, 9.17) is 31.6 Å². The molecule has 146 valence electrons. The zero-order chi connectivity index (χ0) is 20.4. The first kappa shape index (κ1) is 20.5. The van der Waals surface area contributed by atoms with E-state index in [2.05, 4.69) is 0 Å². The normalized spacial score (nSPS) is 11.8. The Morgan fingerprint density at radius 2 is 0.929 bits per heavy atom. The van der Waals surface area contributed by atoms with Crippen LogP contribution in [0.5, 0.6) is 11.5 Å². The highest BCUT2D eigenvalue weighted by molar-refractivity contribution is 7.87. The lowest BCUT2D eigenvalue weighted by Gasteiger charge is -2.10. The number of rotatable bonds is 6. The largest absolute Gasteiger partial charge is 0.379 e. The molecule has 3 rings (SSSR count). The van der Waals surface area contributed by atoms with Gasteiger partial charge in [-0.25, -0.2) is 0 Å². The van der Waals surface area contributed by atoms with Crippen molar-refractivity contribution >= 4 is 43.4 Å². The van der Waals surface area contributed by atoms with E-state index in [1.165, 1.54) is 66.7 Å². The first-order valence-electron chi connectivity index (χ1n) is 7.66. The minimum atomic E-state index is -4.13. The van der Waals surface area contributed by atoms with Gasteiger partial charge in [0.1, 0.15) is 21.3 Å². The zero-order valence-electron chi connectivity index (χ0n) is 14.0. The van der Waals surface area contributed by atoms with Crippen LogP contribution in [0.15, 0.2) is 82.6 Å². The molecule has 0 bridgehead atoms. The number of hydrogen-bond acceptors (Lipinski definition) is 6. The van der Waals surface area contributed by atoms with E-state index >= 15 is 0 Å². The van der Waals surface area contributed by atoms with Gasteiger partial charge < -0.3 is 8.37 Å². The summed E-state index contributed by atoms with van der Waals surface area (Å²) in [4.78, 5) is -0.200. The molecule has 0 amide bonds. The van der Waals surface area contributed by atoms with E-state index in [1.54, 1.807) is 0 Å². The lowest BCUT2D eigenvalue weighted by molar-refractivity contribution is 0.476. The van der Waals surface area contributed by atoms with E-state index in [-0.39, 0.29) is 21.3 Å². The quantitative estimate of drug-likeness (QED) is 0.504. The first-order valence-corrected chi connectivity index (χ1v) is 11.2. The molecule has 0 fully saturated rings. The third kappa shape index (κ3) is 4.96. The number of benzene rings is 3. The zero-order valence-corrected chi connectivity index (χ0v) is 17.1. The Balaban J connectivity index is 1.82. The van der Waals surface area contributed by atoms with Crippen LogP contribution in [-0.2, 0) is 20.2 Å². The predicted octanol–water partition coefficient (Wildman–Crippen LogP) is 4.53. The summed E-state index contributed by atoms with van der Waals surface area (Å²) in [5.74, 6) is -0.225. The number of hydrogen-bond donors (Lipinski definition) is 0. The Kier molecular flexibility index (Phi) is 5.85. The van der Waals surface area contributed by atoms with Gasteiger partial charge in [0, 0.05) is 16.1 Å². The van der Waals surface area contributed by atoms with Gasteiger partial charge in [-0.2, -0.15) is 16.8 Å². The van der Waals surface area contributed by atoms with Gasteiger partial charge in [-0.05, 0) is 60.7 Å². The molecular weight excluding hydrogens is 447 g/mol. The maximum absolute atomic E-state index is 12.3. The fourth-order valence-corrected chi connectivity index (χ4v) is 4.23. The first-order chi connectivity index (χ1) is 13.2. The van der Waals surface area contributed by atoms with Crippen molar-refractivity contribution < 1.29 is 25.2 Å². The van der Waals surface area contributed by atoms with Gasteiger partial charge in [-0.3, -0.25) is 0 Å². The summed E-state index contributed by atoms with van der Waals surface area (Å²) in [6.07, 6.45) is 0. The van der Waals surface area contributed by atoms with Crippen molar-refractivity contribution in [3.8, 4) is 11.5 Å². The molecule has 10 heteroatoms. The van der Waals surface area contributed by atoms with E-state index < -0.39 is 20.2 Å². The Bertz CT molecular complexity index is 1100. The average molecular weight is 459 g/mol. The van der Waals surface area contributed by atoms with Crippen LogP contribution in [0.3, 0.4) is 0 Å². The van der Waals surface area contributed by atoms with Crippen molar-refractivity contribution in [3.63, 3.8) is 0 Å². The van der Waals surface area contributed by atoms with Crippen molar-refractivity contribution in [2.24, 2.45) is 0 Å². The molecule has 0 atom stereocenters. The van der Waals surface area contributed by atoms with Gasteiger partial charge in [0.15, 0.2) is 0 Å². The van der Waals surface area contributed by atoms with Crippen LogP contribution >= 0.6 is 23.2 Å². The van der Waals surface area contributed by atoms with Crippen LogP contribution in [-0.4, -0.2) is 16.8 Å². The van der Waals surface area contributed by atoms with Gasteiger partial charge >= 0.3 is 20.2 Å². The molecule has 3 aromatic carbocycles. The third-order valence-corrected chi connectivity index (χ3v) is 6.45. The summed E-state index contributed by atoms with van der Waals surface area (Å²) in [5.41, 5.74) is 0. The van der Waals surface area contributed by atoms with Crippen LogP contribution in [0.2, 0.25) is 10.0 Å². The van der Waals surface area contributed by atoms with Gasteiger partial charge in [0.05, 0.1) is 0 Å². The molecule has 0 saturated carbocycles. The fraction of sp³-hybridized carbons (Fsp3) is 0. The van der Waals surface area contributed by atoms with Gasteiger partial charge in [0.2, 0.25) is 0 Å². The average Bonchev–Trinajstić information content (AvgIpc) is 2.62. The summed E-state index contributed by atoms with van der Waals surface area (Å²) >= 11 is 11.5. The summed E-state index contributed by atoms with van der Waals surface area (Å²) < 4.78 is 59.4. The molecule has 28 heavy (non-hydrogen) atoms. The Labute approximate surface area is 172 Å². The highest BCUT2D eigenvalue weighted by atomic mass is 35.5. The van der Waals surface area contributed by atoms with Crippen molar-refractivity contribution in [3.05, 3.63) is 82.8 Å². The molecule has 0 heterocycles. The molecule has 0 aliphatic carbocycles. The second-order valence-corrected chi connectivity index (χ2v) is 9.42. The van der Waals surface area contributed by atoms with Crippen molar-refractivity contribution in [2.75, 3.05) is 0 Å². The van der Waals surface area contributed by atoms with E-state index in [1.807, 2.05) is 0 Å². The second-order valence-electron chi connectivity index (χ2n) is 5.46. The minimum absolute atomic E-state index is 0.1000. The molecule has 0 spiro atoms. The SMILES string of the molecule is O=S(=O)(Oc1cccc(OS(=O)(=O)c2ccc(Cl)cc2)c1)c1ccc(Cl)cc1. The Morgan fingerprint density at radius 3 is 1.29 bits per heavy atom. The molecule has 3 aromatic rings. The molecule has 0 aliphatic rings. The van der Waals surface area contributed by atoms with Crippen LogP contribution in [0.1, 0.15) is 0 Å². The van der Waals surface area contributed by atoms with Gasteiger partial charge in [-0.15, -0.1) is 0 Å². The van der Waals surface area contributed by atoms with E-state index in [0.717, 1.165) is 6.07 Å². The summed E-state index contributed by atoms with van der Waals surface area (Å²) in [5, 5.41) is 0.753. The van der Waals surface area contributed by atoms with Crippen LogP contribution < -0.4 is 8.37 Å². The third-order valence-electron chi connectivity index (χ3n) is 3.42. The second kappa shape index (κ2) is 8.00. The Hall–Kier alpha value is -2.26. The topological polar surface area (TPSA) is 86.7 Å². The monoisotopic (exact) mass is 458 g/mol. The Morgan fingerprint density at radius 1 is 0.571 bits per heavy atom.